The molecule has 0 radical (unpaired) electrons. The molecule has 28 heavy (non-hydrogen) atoms. The fourth-order valence-corrected chi connectivity index (χ4v) is 4.30. The first kappa shape index (κ1) is 20.6. The molecule has 2 N–H and O–H groups in total. The van der Waals surface area contributed by atoms with Gasteiger partial charge in [0.15, 0.2) is 5.96 Å². The topological polar surface area (TPSA) is 67.8 Å². The number of aryl methyl sites for hydroxylation is 1. The quantitative estimate of drug-likeness (QED) is 0.550. The molecule has 1 aromatic carbocycles. The molecule has 1 aliphatic heterocycles. The molecule has 2 aromatic rings. The zero-order valence-electron chi connectivity index (χ0n) is 17.0. The Hall–Kier alpha value is -2.12. The Morgan fingerprint density at radius 2 is 2.00 bits per heavy atom. The zero-order chi connectivity index (χ0) is 19.8. The Balaban J connectivity index is 1.64. The number of hydrogen-bond acceptors (Lipinski definition) is 5. The van der Waals surface area contributed by atoms with E-state index in [-0.39, 0.29) is 5.41 Å². The summed E-state index contributed by atoms with van der Waals surface area (Å²) >= 11 is 1.75. The molecule has 6 nitrogen and oxygen atoms in total. The standard InChI is InChI=1S/C21H30N4O2S/c1-4-18-13-23-19(28-18)14-24-20(22-2)25-15-21(9-11-27-12-10-21)16-5-7-17(26-3)8-6-16/h5-8,13H,4,9-12,14-15H2,1-3H3,(H2,22,24,25). The number of aromatic nitrogens is 1. The van der Waals surface area contributed by atoms with Gasteiger partial charge in [-0.2, -0.15) is 0 Å². The number of ether oxygens (including phenoxy) is 2. The van der Waals surface area contributed by atoms with E-state index < -0.39 is 0 Å². The summed E-state index contributed by atoms with van der Waals surface area (Å²) in [5.41, 5.74) is 1.34. The van der Waals surface area contributed by atoms with E-state index >= 15 is 0 Å². The number of nitrogens with one attached hydrogen (secondary N) is 2. The number of rotatable bonds is 7. The van der Waals surface area contributed by atoms with Gasteiger partial charge in [0.05, 0.1) is 13.7 Å². The number of benzene rings is 1. The Bertz CT molecular complexity index is 767. The summed E-state index contributed by atoms with van der Waals surface area (Å²) in [6.45, 7) is 5.19. The van der Waals surface area contributed by atoms with E-state index in [1.165, 1.54) is 10.4 Å². The first-order valence-corrected chi connectivity index (χ1v) is 10.6. The van der Waals surface area contributed by atoms with Gasteiger partial charge in [-0.25, -0.2) is 4.98 Å². The first-order chi connectivity index (χ1) is 13.7. The van der Waals surface area contributed by atoms with E-state index in [1.54, 1.807) is 25.5 Å². The van der Waals surface area contributed by atoms with Gasteiger partial charge in [-0.1, -0.05) is 19.1 Å². The van der Waals surface area contributed by atoms with Crippen molar-refractivity contribution in [3.8, 4) is 5.75 Å². The van der Waals surface area contributed by atoms with Gasteiger partial charge in [0.1, 0.15) is 10.8 Å². The Morgan fingerprint density at radius 3 is 2.61 bits per heavy atom. The molecule has 0 unspecified atom stereocenters. The first-order valence-electron chi connectivity index (χ1n) is 9.79. The van der Waals surface area contributed by atoms with Gasteiger partial charge in [-0.15, -0.1) is 11.3 Å². The second kappa shape index (κ2) is 9.89. The maximum Gasteiger partial charge on any atom is 0.191 e. The summed E-state index contributed by atoms with van der Waals surface area (Å²) in [5.74, 6) is 1.68. The SMILES string of the molecule is CCc1cnc(CNC(=NC)NCC2(c3ccc(OC)cc3)CCOCC2)s1. The normalized spacial score (nSPS) is 16.6. The van der Waals surface area contributed by atoms with Crippen LogP contribution in [0.2, 0.25) is 0 Å². The summed E-state index contributed by atoms with van der Waals surface area (Å²) in [6, 6.07) is 8.41. The van der Waals surface area contributed by atoms with Crippen LogP contribution in [-0.2, 0) is 23.1 Å². The monoisotopic (exact) mass is 402 g/mol. The van der Waals surface area contributed by atoms with Gasteiger partial charge in [0.25, 0.3) is 0 Å². The largest absolute Gasteiger partial charge is 0.497 e. The number of nitrogens with zero attached hydrogens (tertiary/aromatic N) is 2. The van der Waals surface area contributed by atoms with Crippen molar-refractivity contribution in [3.05, 3.63) is 45.9 Å². The van der Waals surface area contributed by atoms with Crippen molar-refractivity contribution >= 4 is 17.3 Å². The second-order valence-electron chi connectivity index (χ2n) is 6.97. The third-order valence-electron chi connectivity index (χ3n) is 5.33. The van der Waals surface area contributed by atoms with Crippen LogP contribution in [0.1, 0.15) is 35.2 Å². The highest BCUT2D eigenvalue weighted by Gasteiger charge is 2.34. The fourth-order valence-electron chi connectivity index (χ4n) is 3.50. The smallest absolute Gasteiger partial charge is 0.191 e. The highest BCUT2D eigenvalue weighted by Crippen LogP contribution is 2.35. The number of methoxy groups -OCH3 is 1. The molecule has 0 atom stereocenters. The van der Waals surface area contributed by atoms with Crippen molar-refractivity contribution in [2.24, 2.45) is 4.99 Å². The molecular weight excluding hydrogens is 372 g/mol. The van der Waals surface area contributed by atoms with Gasteiger partial charge >= 0.3 is 0 Å². The van der Waals surface area contributed by atoms with E-state index in [0.717, 1.165) is 55.7 Å². The van der Waals surface area contributed by atoms with Crippen LogP contribution in [0.25, 0.3) is 0 Å². The minimum absolute atomic E-state index is 0.0265. The van der Waals surface area contributed by atoms with E-state index in [9.17, 15) is 0 Å². The molecule has 0 aliphatic carbocycles. The van der Waals surface area contributed by atoms with E-state index in [4.69, 9.17) is 9.47 Å². The molecule has 1 saturated heterocycles. The van der Waals surface area contributed by atoms with Crippen molar-refractivity contribution in [3.63, 3.8) is 0 Å². The van der Waals surface area contributed by atoms with Crippen LogP contribution in [0, 0.1) is 0 Å². The lowest BCUT2D eigenvalue weighted by atomic mass is 9.74. The summed E-state index contributed by atoms with van der Waals surface area (Å²) in [5, 5.41) is 7.99. The van der Waals surface area contributed by atoms with Crippen molar-refractivity contribution in [1.82, 2.24) is 15.6 Å². The molecule has 0 amide bonds. The van der Waals surface area contributed by atoms with Gasteiger partial charge < -0.3 is 20.1 Å². The lowest BCUT2D eigenvalue weighted by molar-refractivity contribution is 0.0513. The fraction of sp³-hybridized carbons (Fsp3) is 0.524. The minimum atomic E-state index is 0.0265. The maximum absolute atomic E-state index is 5.64. The lowest BCUT2D eigenvalue weighted by Gasteiger charge is -2.38. The van der Waals surface area contributed by atoms with Crippen molar-refractivity contribution in [1.29, 1.82) is 0 Å². The third-order valence-corrected chi connectivity index (χ3v) is 6.47. The van der Waals surface area contributed by atoms with Crippen LogP contribution in [0.5, 0.6) is 5.75 Å². The van der Waals surface area contributed by atoms with Gasteiger partial charge in [-0.3, -0.25) is 4.99 Å². The number of thiazole rings is 1. The summed E-state index contributed by atoms with van der Waals surface area (Å²) in [4.78, 5) is 10.2. The lowest BCUT2D eigenvalue weighted by Crippen LogP contribution is -2.47. The number of aliphatic imine (C=N–C) groups is 1. The molecular formula is C21H30N4O2S. The molecule has 0 spiro atoms. The molecule has 0 saturated carbocycles. The van der Waals surface area contributed by atoms with Crippen LogP contribution in [0.15, 0.2) is 35.5 Å². The van der Waals surface area contributed by atoms with Gasteiger partial charge in [-0.05, 0) is 37.0 Å². The maximum atomic E-state index is 5.64. The molecule has 1 aliphatic rings. The molecule has 2 heterocycles. The molecule has 152 valence electrons. The predicted molar refractivity (Wildman–Crippen MR) is 114 cm³/mol. The van der Waals surface area contributed by atoms with Crippen LogP contribution in [0.3, 0.4) is 0 Å². The van der Waals surface area contributed by atoms with Crippen molar-refractivity contribution in [2.75, 3.05) is 33.9 Å². The highest BCUT2D eigenvalue weighted by atomic mass is 32.1. The molecule has 3 rings (SSSR count). The van der Waals surface area contributed by atoms with Crippen LogP contribution < -0.4 is 15.4 Å². The molecule has 1 aromatic heterocycles. The highest BCUT2D eigenvalue weighted by molar-refractivity contribution is 7.11. The Labute approximate surface area is 171 Å². The molecule has 1 fully saturated rings. The van der Waals surface area contributed by atoms with Crippen molar-refractivity contribution < 1.29 is 9.47 Å². The second-order valence-corrected chi connectivity index (χ2v) is 8.17. The molecule has 0 bridgehead atoms. The van der Waals surface area contributed by atoms with Gasteiger partial charge in [0, 0.05) is 43.3 Å². The van der Waals surface area contributed by atoms with Crippen LogP contribution >= 0.6 is 11.3 Å². The third kappa shape index (κ3) is 5.02. The minimum Gasteiger partial charge on any atom is -0.497 e. The van der Waals surface area contributed by atoms with Crippen LogP contribution in [-0.4, -0.2) is 44.9 Å². The summed E-state index contributed by atoms with van der Waals surface area (Å²) in [6.07, 6.45) is 4.95. The van der Waals surface area contributed by atoms with E-state index in [0.29, 0.717) is 6.54 Å². The molecule has 7 heteroatoms. The van der Waals surface area contributed by atoms with E-state index in [2.05, 4.69) is 39.7 Å². The average Bonchev–Trinajstić information content (AvgIpc) is 3.23. The summed E-state index contributed by atoms with van der Waals surface area (Å²) < 4.78 is 11.0. The number of guanidine groups is 1. The van der Waals surface area contributed by atoms with Gasteiger partial charge in [0.2, 0.25) is 0 Å². The zero-order valence-corrected chi connectivity index (χ0v) is 17.8. The van der Waals surface area contributed by atoms with Crippen LogP contribution in [0.4, 0.5) is 0 Å². The van der Waals surface area contributed by atoms with Crippen molar-refractivity contribution in [2.45, 2.75) is 38.1 Å². The average molecular weight is 403 g/mol. The number of hydrogen-bond donors (Lipinski definition) is 2. The van der Waals surface area contributed by atoms with E-state index in [1.807, 2.05) is 18.3 Å². The Kier molecular flexibility index (Phi) is 7.28. The Morgan fingerprint density at radius 1 is 1.25 bits per heavy atom. The predicted octanol–water partition coefficient (Wildman–Crippen LogP) is 3.13. The summed E-state index contributed by atoms with van der Waals surface area (Å²) in [7, 11) is 3.50.